The molecule has 4 aromatic rings. The number of hydrazine groups is 1. The number of pyridine rings is 1. The van der Waals surface area contributed by atoms with Gasteiger partial charge in [0.2, 0.25) is 0 Å². The highest BCUT2D eigenvalue weighted by molar-refractivity contribution is 6.03. The number of halogens is 2. The molecule has 0 radical (unpaired) electrons. The van der Waals surface area contributed by atoms with Crippen LogP contribution in [-0.4, -0.2) is 81.7 Å². The van der Waals surface area contributed by atoms with E-state index in [1.807, 2.05) is 0 Å². The molecule has 0 aliphatic carbocycles. The number of aliphatic hydroxyl groups is 1. The lowest BCUT2D eigenvalue weighted by Gasteiger charge is -2.34. The lowest BCUT2D eigenvalue weighted by molar-refractivity contribution is 0.161. The van der Waals surface area contributed by atoms with Gasteiger partial charge in [-0.3, -0.25) is 10.8 Å². The quantitative estimate of drug-likeness (QED) is 0.208. The van der Waals surface area contributed by atoms with Crippen LogP contribution < -0.4 is 20.8 Å². The van der Waals surface area contributed by atoms with Crippen molar-refractivity contribution in [1.82, 2.24) is 25.3 Å². The molecule has 3 fully saturated rings. The minimum Gasteiger partial charge on any atom is -0.508 e. The number of nitrogens with zero attached hydrogens (tertiary/aromatic N) is 5. The summed E-state index contributed by atoms with van der Waals surface area (Å²) in [5, 5.41) is 25.4. The van der Waals surface area contributed by atoms with E-state index in [0.717, 1.165) is 45.3 Å². The maximum Gasteiger partial charge on any atom is 0.318 e. The number of aromatic nitrogens is 3. The van der Waals surface area contributed by atoms with Gasteiger partial charge in [0.05, 0.1) is 24.7 Å². The molecule has 3 unspecified atom stereocenters. The fourth-order valence-corrected chi connectivity index (χ4v) is 6.32. The van der Waals surface area contributed by atoms with Crippen molar-refractivity contribution in [3.05, 3.63) is 47.7 Å². The highest BCUT2D eigenvalue weighted by atomic mass is 19.1. The molecule has 0 spiro atoms. The number of ether oxygens (including phenoxy) is 1. The molecule has 3 aliphatic rings. The molecule has 224 valence electrons. The predicted octanol–water partition coefficient (Wildman–Crippen LogP) is 3.08. The van der Waals surface area contributed by atoms with Crippen LogP contribution in [0.3, 0.4) is 0 Å². The van der Waals surface area contributed by atoms with E-state index in [0.29, 0.717) is 28.7 Å². The number of aromatic hydroxyl groups is 1. The molecule has 7 rings (SSSR count). The second kappa shape index (κ2) is 11.9. The highest BCUT2D eigenvalue weighted by Gasteiger charge is 2.34. The first-order chi connectivity index (χ1) is 20.8. The Bertz CT molecular complexity index is 1720. The lowest BCUT2D eigenvalue weighted by atomic mass is 9.96. The number of anilines is 1. The molecular weight excluding hydrogens is 556 g/mol. The smallest absolute Gasteiger partial charge is 0.318 e. The number of phenolic OH excluding ortho intramolecular Hbond substituents is 1. The van der Waals surface area contributed by atoms with Crippen molar-refractivity contribution < 1.29 is 23.7 Å². The summed E-state index contributed by atoms with van der Waals surface area (Å²) in [6.07, 6.45) is 11.4. The second-order valence-corrected chi connectivity index (χ2v) is 11.1. The zero-order valence-corrected chi connectivity index (χ0v) is 23.7. The van der Waals surface area contributed by atoms with Crippen LogP contribution in [0.2, 0.25) is 0 Å². The summed E-state index contributed by atoms with van der Waals surface area (Å²) >= 11 is 0. The van der Waals surface area contributed by atoms with Crippen molar-refractivity contribution in [3.8, 4) is 35.4 Å². The topological polar surface area (TPSA) is 133 Å². The number of fused-ring (bicyclic) bond motifs is 4. The number of piperazine rings is 1. The zero-order chi connectivity index (χ0) is 30.2. The van der Waals surface area contributed by atoms with E-state index < -0.39 is 11.6 Å². The van der Waals surface area contributed by atoms with Crippen molar-refractivity contribution in [2.45, 2.75) is 43.8 Å². The number of phenols is 1. The Morgan fingerprint density at radius 1 is 1.16 bits per heavy atom. The lowest BCUT2D eigenvalue weighted by Crippen LogP contribution is -2.51. The van der Waals surface area contributed by atoms with E-state index in [-0.39, 0.29) is 52.1 Å². The van der Waals surface area contributed by atoms with E-state index in [4.69, 9.17) is 22.1 Å². The maximum absolute atomic E-state index is 16.1. The van der Waals surface area contributed by atoms with Crippen LogP contribution in [0.5, 0.6) is 11.8 Å². The Hall–Kier alpha value is -4.15. The molecule has 2 bridgehead atoms. The number of hydrogen-bond donors (Lipinski definition) is 4. The van der Waals surface area contributed by atoms with Crippen molar-refractivity contribution in [1.29, 1.82) is 0 Å². The molecule has 43 heavy (non-hydrogen) atoms. The number of methoxy groups -OCH3 is 1. The zero-order valence-electron chi connectivity index (χ0n) is 23.7. The summed E-state index contributed by atoms with van der Waals surface area (Å²) in [6.45, 7) is 2.61. The third kappa shape index (κ3) is 5.41. The average molecular weight is 590 g/mol. The molecule has 12 heteroatoms. The first-order valence-corrected chi connectivity index (χ1v) is 14.3. The van der Waals surface area contributed by atoms with Crippen LogP contribution >= 0.6 is 0 Å². The summed E-state index contributed by atoms with van der Waals surface area (Å²) in [5.74, 6) is 6.88. The Labute approximate surface area is 247 Å². The van der Waals surface area contributed by atoms with Crippen molar-refractivity contribution in [2.75, 3.05) is 38.3 Å². The van der Waals surface area contributed by atoms with Gasteiger partial charge >= 0.3 is 6.01 Å². The van der Waals surface area contributed by atoms with Gasteiger partial charge in [-0.2, -0.15) is 9.97 Å². The SMILES string of the molecule is C#Cc1c(F)ccc2cc(O)cc(-c3ncc4c(N5CC6CCC(C5)N6)nc(OC)nc4c3F)c12.NN1CCCC1CO. The Balaban J connectivity index is 0.000000359. The molecule has 3 saturated heterocycles. The number of aliphatic hydroxyl groups excluding tert-OH is 1. The molecule has 5 N–H and O–H groups in total. The van der Waals surface area contributed by atoms with Gasteiger partial charge in [-0.15, -0.1) is 6.42 Å². The van der Waals surface area contributed by atoms with Gasteiger partial charge in [0.15, 0.2) is 5.82 Å². The van der Waals surface area contributed by atoms with E-state index in [2.05, 4.69) is 31.1 Å². The van der Waals surface area contributed by atoms with Crippen molar-refractivity contribution in [3.63, 3.8) is 0 Å². The van der Waals surface area contributed by atoms with Crippen molar-refractivity contribution in [2.24, 2.45) is 5.84 Å². The summed E-state index contributed by atoms with van der Waals surface area (Å²) in [4.78, 5) is 15.3. The second-order valence-electron chi connectivity index (χ2n) is 11.1. The molecule has 2 aromatic heterocycles. The van der Waals surface area contributed by atoms with Gasteiger partial charge in [-0.05, 0) is 49.3 Å². The van der Waals surface area contributed by atoms with Gasteiger partial charge in [0, 0.05) is 54.9 Å². The molecule has 2 aromatic carbocycles. The van der Waals surface area contributed by atoms with Crippen LogP contribution in [-0.2, 0) is 0 Å². The van der Waals surface area contributed by atoms with Crippen LogP contribution in [0.25, 0.3) is 32.9 Å². The number of nitrogens with two attached hydrogens (primary N) is 1. The number of rotatable bonds is 4. The molecule has 0 saturated carbocycles. The Morgan fingerprint density at radius 3 is 2.56 bits per heavy atom. The number of nitrogens with one attached hydrogen (secondary N) is 1. The van der Waals surface area contributed by atoms with Crippen LogP contribution in [0, 0.1) is 24.0 Å². The Morgan fingerprint density at radius 2 is 1.93 bits per heavy atom. The summed E-state index contributed by atoms with van der Waals surface area (Å²) in [6, 6.07) is 6.43. The first-order valence-electron chi connectivity index (χ1n) is 14.3. The molecular formula is C31H33F2N7O3. The molecule has 3 aliphatic heterocycles. The standard InChI is InChI=1S/C26H21F2N5O2.C5H12N2O/c1-3-17-20(27)7-4-13-8-16(34)9-18(21(13)17)23-22(28)24-19(10-29-23)25(32-26(31-24)35-2)33-11-14-5-6-15(12-33)30-14;6-7-3-1-2-5(7)4-8/h1,4,7-10,14-15,30,34H,5-6,11-12H2,2H3;5,8H,1-4,6H2. The minimum atomic E-state index is -0.735. The van der Waals surface area contributed by atoms with E-state index in [1.165, 1.54) is 37.6 Å². The van der Waals surface area contributed by atoms with E-state index in [1.54, 1.807) is 5.01 Å². The minimum absolute atomic E-state index is 0.0258. The third-order valence-corrected chi connectivity index (χ3v) is 8.43. The summed E-state index contributed by atoms with van der Waals surface area (Å²) < 4.78 is 35.9. The fourth-order valence-electron chi connectivity index (χ4n) is 6.32. The average Bonchev–Trinajstić information content (AvgIpc) is 3.59. The van der Waals surface area contributed by atoms with Gasteiger partial charge in [0.1, 0.15) is 28.6 Å². The predicted molar refractivity (Wildman–Crippen MR) is 160 cm³/mol. The van der Waals surface area contributed by atoms with E-state index in [9.17, 15) is 9.50 Å². The van der Waals surface area contributed by atoms with Crippen LogP contribution in [0.1, 0.15) is 31.2 Å². The molecule has 3 atom stereocenters. The maximum atomic E-state index is 16.1. The fraction of sp³-hybridized carbons (Fsp3) is 0.387. The molecule has 10 nitrogen and oxygen atoms in total. The van der Waals surface area contributed by atoms with Gasteiger partial charge in [-0.1, -0.05) is 12.0 Å². The van der Waals surface area contributed by atoms with Gasteiger partial charge < -0.3 is 25.2 Å². The Kier molecular flexibility index (Phi) is 7.98. The normalized spacial score (nSPS) is 21.6. The number of benzene rings is 2. The summed E-state index contributed by atoms with van der Waals surface area (Å²) in [5.41, 5.74) is 0.0627. The van der Waals surface area contributed by atoms with Crippen LogP contribution in [0.4, 0.5) is 14.6 Å². The third-order valence-electron chi connectivity index (χ3n) is 8.43. The first kappa shape index (κ1) is 28.9. The molecule has 0 amide bonds. The number of hydrogen-bond acceptors (Lipinski definition) is 10. The van der Waals surface area contributed by atoms with Gasteiger partial charge in [0.25, 0.3) is 0 Å². The molecule has 5 heterocycles. The number of terminal acetylenes is 1. The van der Waals surface area contributed by atoms with Crippen LogP contribution in [0.15, 0.2) is 30.5 Å². The van der Waals surface area contributed by atoms with Crippen molar-refractivity contribution >= 4 is 27.5 Å². The summed E-state index contributed by atoms with van der Waals surface area (Å²) in [7, 11) is 1.43. The van der Waals surface area contributed by atoms with E-state index >= 15 is 4.39 Å². The van der Waals surface area contributed by atoms with Gasteiger partial charge in [-0.25, -0.2) is 13.8 Å². The largest absolute Gasteiger partial charge is 0.508 e. The highest BCUT2D eigenvalue weighted by Crippen LogP contribution is 2.39. The monoisotopic (exact) mass is 589 g/mol.